The molecule has 0 aromatic heterocycles. The van der Waals surface area contributed by atoms with E-state index in [1.807, 2.05) is 6.92 Å². The van der Waals surface area contributed by atoms with E-state index in [0.29, 0.717) is 38.6 Å². The summed E-state index contributed by atoms with van der Waals surface area (Å²) in [5.74, 6) is 2.08. The molecule has 1 radical (unpaired) electrons. The van der Waals surface area contributed by atoms with E-state index in [2.05, 4.69) is 17.6 Å². The third-order valence-electron chi connectivity index (χ3n) is 7.64. The van der Waals surface area contributed by atoms with E-state index in [9.17, 15) is 19.7 Å². The molecular weight excluding hydrogens is 410 g/mol. The average molecular weight is 449 g/mol. The van der Waals surface area contributed by atoms with Crippen molar-refractivity contribution in [2.24, 2.45) is 29.1 Å². The normalized spacial score (nSPS) is 29.8. The first-order valence-corrected chi connectivity index (χ1v) is 12.0. The minimum atomic E-state index is -0.799. The summed E-state index contributed by atoms with van der Waals surface area (Å²) in [4.78, 5) is 36.3. The Balaban J connectivity index is 1.53. The van der Waals surface area contributed by atoms with Gasteiger partial charge in [0.2, 0.25) is 5.91 Å². The Morgan fingerprint density at radius 1 is 1.19 bits per heavy atom. The average Bonchev–Trinajstić information content (AvgIpc) is 2.68. The van der Waals surface area contributed by atoms with Crippen LogP contribution in [0.15, 0.2) is 0 Å². The summed E-state index contributed by atoms with van der Waals surface area (Å²) in [6, 6.07) is -0.565. The highest BCUT2D eigenvalue weighted by Gasteiger charge is 2.51. The number of nitrogens with zero attached hydrogens (tertiary/aromatic N) is 1. The van der Waals surface area contributed by atoms with Gasteiger partial charge in [0.25, 0.3) is 5.96 Å². The van der Waals surface area contributed by atoms with Crippen LogP contribution < -0.4 is 16.1 Å². The highest BCUT2D eigenvalue weighted by Crippen LogP contribution is 2.61. The summed E-state index contributed by atoms with van der Waals surface area (Å²) < 4.78 is 0. The Labute approximate surface area is 190 Å². The first-order chi connectivity index (χ1) is 15.2. The molecule has 4 fully saturated rings. The first-order valence-electron chi connectivity index (χ1n) is 12.0. The number of carbonyl (C=O) groups is 2. The molecule has 1 amide bonds. The molecule has 9 nitrogen and oxygen atoms in total. The number of ketones is 1. The van der Waals surface area contributed by atoms with Crippen LogP contribution in [0, 0.1) is 51.5 Å². The second kappa shape index (κ2) is 10.6. The molecule has 0 aromatic rings. The molecule has 4 N–H and O–H groups in total. The molecule has 4 aliphatic rings. The van der Waals surface area contributed by atoms with Crippen molar-refractivity contribution in [2.45, 2.75) is 83.6 Å². The molecule has 179 valence electrons. The van der Waals surface area contributed by atoms with Crippen LogP contribution in [0.3, 0.4) is 0 Å². The molecule has 9 heteroatoms. The number of hydrogen-bond donors (Lipinski definition) is 4. The van der Waals surface area contributed by atoms with E-state index in [4.69, 9.17) is 5.41 Å². The van der Waals surface area contributed by atoms with Gasteiger partial charge in [-0.2, -0.15) is 0 Å². The summed E-state index contributed by atoms with van der Waals surface area (Å²) in [5.41, 5.74) is 1.87. The van der Waals surface area contributed by atoms with Gasteiger partial charge in [0.15, 0.2) is 10.8 Å². The molecule has 0 saturated heterocycles. The number of nitrogens with one attached hydrogen (secondary N) is 4. The topological polar surface area (TPSA) is 137 Å². The van der Waals surface area contributed by atoms with E-state index in [0.717, 1.165) is 37.0 Å². The maximum atomic E-state index is 13.0. The number of Topliss-reactive ketones (excluding diaryl/α,β-unsaturated/α-hetero) is 1. The van der Waals surface area contributed by atoms with Crippen molar-refractivity contribution < 1.29 is 14.6 Å². The minimum Gasteiger partial charge on any atom is -0.352 e. The first kappa shape index (κ1) is 24.5. The molecule has 0 heterocycles. The Hall–Kier alpha value is -2.19. The van der Waals surface area contributed by atoms with E-state index in [1.165, 1.54) is 19.3 Å². The second-order valence-electron chi connectivity index (χ2n) is 10.6. The van der Waals surface area contributed by atoms with Crippen molar-refractivity contribution in [2.75, 3.05) is 6.54 Å². The molecule has 1 unspecified atom stereocenters. The lowest BCUT2D eigenvalue weighted by Crippen LogP contribution is -2.49. The van der Waals surface area contributed by atoms with Gasteiger partial charge in [-0.05, 0) is 80.5 Å². The molecule has 0 spiro atoms. The molecule has 4 rings (SSSR count). The lowest BCUT2D eigenvalue weighted by atomic mass is 9.49. The molecular formula is C23H38N5O4. The van der Waals surface area contributed by atoms with E-state index in [-0.39, 0.29) is 23.0 Å². The molecule has 32 heavy (non-hydrogen) atoms. The Morgan fingerprint density at radius 2 is 1.78 bits per heavy atom. The standard InChI is InChI=1S/C23H38N5O4/c1-3-15(2)7-20(29)19(5-4-6-25-22(24)27-28(31)32)26-21(30)14-23-11-16-8-17(12-23)10-18(9-16)13-23/h15-19H,1,3-14H2,2H3,(H,26,30)(H3,24,25,27)/t15?,16?,17?,18?,19-,23?/m0/s1. The SMILES string of the molecule is [CH2]CC(C)CC(=O)[C@H](CCCNC(=N)N[N+](=O)[O-])NC(=O)CC12CC3CC(CC(C3)C1)C2. The van der Waals surface area contributed by atoms with Crippen LogP contribution in [0.1, 0.15) is 77.6 Å². The van der Waals surface area contributed by atoms with Crippen LogP contribution in [0.2, 0.25) is 0 Å². The maximum absolute atomic E-state index is 13.0. The van der Waals surface area contributed by atoms with Gasteiger partial charge in [-0.1, -0.05) is 25.7 Å². The van der Waals surface area contributed by atoms with Gasteiger partial charge in [-0.15, -0.1) is 0 Å². The molecule has 4 aliphatic carbocycles. The van der Waals surface area contributed by atoms with E-state index in [1.54, 1.807) is 5.43 Å². The Bertz CT molecular complexity index is 690. The lowest BCUT2D eigenvalue weighted by molar-refractivity contribution is -0.525. The van der Waals surface area contributed by atoms with Crippen molar-refractivity contribution in [3.8, 4) is 0 Å². The Kier molecular flexibility index (Phi) is 8.11. The summed E-state index contributed by atoms with van der Waals surface area (Å²) >= 11 is 0. The van der Waals surface area contributed by atoms with Gasteiger partial charge in [0.05, 0.1) is 6.04 Å². The highest BCUT2D eigenvalue weighted by molar-refractivity contribution is 5.89. The zero-order valence-electron chi connectivity index (χ0n) is 19.2. The zero-order chi connectivity index (χ0) is 23.3. The number of carbonyl (C=O) groups excluding carboxylic acids is 2. The highest BCUT2D eigenvalue weighted by atomic mass is 16.7. The van der Waals surface area contributed by atoms with Gasteiger partial charge < -0.3 is 10.6 Å². The van der Waals surface area contributed by atoms with E-state index < -0.39 is 17.0 Å². The Morgan fingerprint density at radius 3 is 2.31 bits per heavy atom. The molecule has 2 atom stereocenters. The fourth-order valence-electron chi connectivity index (χ4n) is 6.64. The van der Waals surface area contributed by atoms with E-state index >= 15 is 0 Å². The van der Waals surface area contributed by atoms with Gasteiger partial charge in [0.1, 0.15) is 0 Å². The number of nitro groups is 1. The quantitative estimate of drug-likeness (QED) is 0.119. The van der Waals surface area contributed by atoms with Gasteiger partial charge >= 0.3 is 0 Å². The number of hydrogen-bond acceptors (Lipinski definition) is 5. The maximum Gasteiger partial charge on any atom is 0.251 e. The minimum absolute atomic E-state index is 0.0125. The third-order valence-corrected chi connectivity index (χ3v) is 7.64. The summed E-state index contributed by atoms with van der Waals surface area (Å²) in [5, 5.41) is 22.7. The molecule has 0 aliphatic heterocycles. The van der Waals surface area contributed by atoms with Crippen LogP contribution in [-0.2, 0) is 9.59 Å². The number of amides is 1. The second-order valence-corrected chi connectivity index (χ2v) is 10.6. The predicted molar refractivity (Wildman–Crippen MR) is 121 cm³/mol. The fourth-order valence-corrected chi connectivity index (χ4v) is 6.64. The van der Waals surface area contributed by atoms with Crippen molar-refractivity contribution in [3.63, 3.8) is 0 Å². The monoisotopic (exact) mass is 448 g/mol. The third kappa shape index (κ3) is 6.65. The summed E-state index contributed by atoms with van der Waals surface area (Å²) in [6.45, 7) is 6.15. The van der Waals surface area contributed by atoms with Crippen LogP contribution in [0.25, 0.3) is 0 Å². The van der Waals surface area contributed by atoms with Crippen LogP contribution >= 0.6 is 0 Å². The largest absolute Gasteiger partial charge is 0.352 e. The number of guanidine groups is 1. The van der Waals surface area contributed by atoms with Gasteiger partial charge in [-0.3, -0.25) is 15.0 Å². The van der Waals surface area contributed by atoms with Crippen LogP contribution in [-0.4, -0.2) is 35.3 Å². The smallest absolute Gasteiger partial charge is 0.251 e. The van der Waals surface area contributed by atoms with Crippen molar-refractivity contribution >= 4 is 17.6 Å². The molecule has 4 saturated carbocycles. The number of hydrazine groups is 1. The number of rotatable bonds is 12. The lowest BCUT2D eigenvalue weighted by Gasteiger charge is -2.56. The van der Waals surface area contributed by atoms with Gasteiger partial charge in [0, 0.05) is 19.4 Å². The van der Waals surface area contributed by atoms with Crippen molar-refractivity contribution in [1.29, 1.82) is 5.41 Å². The van der Waals surface area contributed by atoms with Crippen molar-refractivity contribution in [1.82, 2.24) is 16.1 Å². The fraction of sp³-hybridized carbons (Fsp3) is 0.826. The molecule has 0 aromatic carbocycles. The zero-order valence-corrected chi connectivity index (χ0v) is 19.2. The molecule has 4 bridgehead atoms. The van der Waals surface area contributed by atoms with Gasteiger partial charge in [-0.25, -0.2) is 10.1 Å². The van der Waals surface area contributed by atoms with Crippen molar-refractivity contribution in [3.05, 3.63) is 17.0 Å². The van der Waals surface area contributed by atoms with Crippen LogP contribution in [0.5, 0.6) is 0 Å². The van der Waals surface area contributed by atoms with Crippen LogP contribution in [0.4, 0.5) is 0 Å². The predicted octanol–water partition coefficient (Wildman–Crippen LogP) is 2.98. The summed E-state index contributed by atoms with van der Waals surface area (Å²) in [6.07, 6.45) is 9.94. The summed E-state index contributed by atoms with van der Waals surface area (Å²) in [7, 11) is 0.